The van der Waals surface area contributed by atoms with Gasteiger partial charge in [0.1, 0.15) is 11.7 Å². The van der Waals surface area contributed by atoms with Gasteiger partial charge in [0.05, 0.1) is 17.7 Å². The van der Waals surface area contributed by atoms with Crippen molar-refractivity contribution in [2.45, 2.75) is 64.5 Å². The molecule has 1 aliphatic carbocycles. The van der Waals surface area contributed by atoms with Gasteiger partial charge in [0.2, 0.25) is 0 Å². The molecule has 9 heteroatoms. The number of nitrogens with one attached hydrogen (secondary N) is 3. The number of benzene rings is 3. The first-order valence-electron chi connectivity index (χ1n) is 14.8. The number of fused-ring (bicyclic) bond motifs is 2. The van der Waals surface area contributed by atoms with E-state index < -0.39 is 17.7 Å². The van der Waals surface area contributed by atoms with E-state index in [1.54, 1.807) is 18.2 Å². The molecule has 2 aliphatic rings. The van der Waals surface area contributed by atoms with E-state index in [1.165, 1.54) is 17.8 Å². The maximum atomic E-state index is 13.9. The van der Waals surface area contributed by atoms with Crippen molar-refractivity contribution in [3.8, 4) is 11.1 Å². The van der Waals surface area contributed by atoms with Gasteiger partial charge < -0.3 is 10.1 Å². The number of hydrogen-bond acceptors (Lipinski definition) is 5. The van der Waals surface area contributed by atoms with Crippen LogP contribution in [0.2, 0.25) is 0 Å². The summed E-state index contributed by atoms with van der Waals surface area (Å²) in [5, 5.41) is 21.5. The Morgan fingerprint density at radius 1 is 1.00 bits per heavy atom. The van der Waals surface area contributed by atoms with E-state index in [9.17, 15) is 18.0 Å². The number of carbonyl (C=O) groups is 1. The second-order valence-corrected chi connectivity index (χ2v) is 13.4. The van der Waals surface area contributed by atoms with Crippen LogP contribution in [0, 0.1) is 22.2 Å². The van der Waals surface area contributed by atoms with Crippen molar-refractivity contribution in [3.05, 3.63) is 87.3 Å². The van der Waals surface area contributed by atoms with E-state index in [0.29, 0.717) is 45.7 Å². The van der Waals surface area contributed by atoms with Crippen LogP contribution < -0.4 is 15.8 Å². The highest BCUT2D eigenvalue weighted by Crippen LogP contribution is 2.42. The molecule has 3 aromatic rings. The number of alkyl halides is 3. The van der Waals surface area contributed by atoms with Crippen LogP contribution in [0.1, 0.15) is 80.4 Å². The van der Waals surface area contributed by atoms with Gasteiger partial charge in [0, 0.05) is 21.6 Å². The Labute approximate surface area is 259 Å². The molecule has 0 spiro atoms. The van der Waals surface area contributed by atoms with E-state index in [0.717, 1.165) is 46.7 Å². The highest BCUT2D eigenvalue weighted by Gasteiger charge is 2.34. The van der Waals surface area contributed by atoms with Crippen LogP contribution in [0.4, 0.5) is 13.2 Å². The first-order valence-corrected chi connectivity index (χ1v) is 15.6. The molecule has 44 heavy (non-hydrogen) atoms. The van der Waals surface area contributed by atoms with E-state index in [-0.39, 0.29) is 23.0 Å². The first kappa shape index (κ1) is 31.6. The van der Waals surface area contributed by atoms with Crippen molar-refractivity contribution in [2.75, 3.05) is 6.61 Å². The smallest absolute Gasteiger partial charge is 0.416 e. The average Bonchev–Trinajstić information content (AvgIpc) is 3.25. The van der Waals surface area contributed by atoms with Crippen LogP contribution in [0.5, 0.6) is 0 Å². The zero-order valence-electron chi connectivity index (χ0n) is 25.2. The molecular weight excluding hydrogens is 583 g/mol. The van der Waals surface area contributed by atoms with Crippen molar-refractivity contribution in [1.82, 2.24) is 5.32 Å². The average molecular weight is 620 g/mol. The number of thioether (sulfide) groups is 1. The summed E-state index contributed by atoms with van der Waals surface area (Å²) in [6.45, 7) is 8.84. The molecule has 1 unspecified atom stereocenters. The Morgan fingerprint density at radius 3 is 2.45 bits per heavy atom. The minimum atomic E-state index is -4.55. The van der Waals surface area contributed by atoms with E-state index in [2.05, 4.69) is 39.1 Å². The lowest BCUT2D eigenvalue weighted by atomic mass is 9.75. The fourth-order valence-corrected chi connectivity index (χ4v) is 6.92. The standard InChI is InChI=1S/C35H36F3N3O2S/c1-5-6-9-15-43-33(42)24-13-7-8-14-26(24)44-27-19-23(34(2,3)4)17-21-18-25-30(32(40)41-31(25)39)29(28(21)27)20-11-10-12-22(16-20)35(36,37)38/h7-8,10-14,16-18,23H,5-6,9,15,19H2,1-4H3,(H3,39,40,41). The maximum absolute atomic E-state index is 13.9. The number of halogens is 3. The monoisotopic (exact) mass is 619 g/mol. The fourth-order valence-electron chi connectivity index (χ4n) is 5.67. The third-order valence-electron chi connectivity index (χ3n) is 8.10. The Hall–Kier alpha value is -3.85. The molecule has 5 nitrogen and oxygen atoms in total. The van der Waals surface area contributed by atoms with E-state index >= 15 is 0 Å². The van der Waals surface area contributed by atoms with Gasteiger partial charge in [-0.25, -0.2) is 4.79 Å². The van der Waals surface area contributed by atoms with Crippen molar-refractivity contribution < 1.29 is 22.7 Å². The molecule has 230 valence electrons. The molecule has 0 aromatic heterocycles. The molecule has 0 radical (unpaired) electrons. The second-order valence-electron chi connectivity index (χ2n) is 12.3. The second kappa shape index (κ2) is 12.3. The van der Waals surface area contributed by atoms with Crippen LogP contribution in [-0.4, -0.2) is 24.2 Å². The Morgan fingerprint density at radius 2 is 1.75 bits per heavy atom. The zero-order valence-corrected chi connectivity index (χ0v) is 26.1. The molecule has 1 heterocycles. The number of unbranched alkanes of at least 4 members (excludes halogenated alkanes) is 2. The molecule has 3 aromatic carbocycles. The lowest BCUT2D eigenvalue weighted by Crippen LogP contribution is -2.38. The lowest BCUT2D eigenvalue weighted by molar-refractivity contribution is -0.137. The molecule has 5 rings (SSSR count). The molecule has 0 saturated heterocycles. The van der Waals surface area contributed by atoms with Crippen LogP contribution in [0.25, 0.3) is 22.1 Å². The number of ether oxygens (including phenoxy) is 1. The van der Waals surface area contributed by atoms with Crippen molar-refractivity contribution in [3.63, 3.8) is 0 Å². The van der Waals surface area contributed by atoms with Gasteiger partial charge in [0.15, 0.2) is 0 Å². The molecule has 0 fully saturated rings. The van der Waals surface area contributed by atoms with Gasteiger partial charge in [-0.1, -0.05) is 82.6 Å². The number of rotatable bonds is 8. The van der Waals surface area contributed by atoms with Crippen LogP contribution in [0.3, 0.4) is 0 Å². The molecule has 1 aliphatic heterocycles. The summed E-state index contributed by atoms with van der Waals surface area (Å²) >= 11 is 1.42. The normalized spacial score (nSPS) is 16.2. The number of esters is 1. The maximum Gasteiger partial charge on any atom is 0.416 e. The summed E-state index contributed by atoms with van der Waals surface area (Å²) in [6, 6.07) is 14.3. The van der Waals surface area contributed by atoms with Crippen molar-refractivity contribution >= 4 is 40.4 Å². The molecule has 0 amide bonds. The minimum Gasteiger partial charge on any atom is -0.462 e. The number of amidine groups is 2. The summed E-state index contributed by atoms with van der Waals surface area (Å²) in [4.78, 5) is 14.8. The van der Waals surface area contributed by atoms with Gasteiger partial charge in [-0.2, -0.15) is 13.2 Å². The highest BCUT2D eigenvalue weighted by atomic mass is 32.2. The highest BCUT2D eigenvalue weighted by molar-refractivity contribution is 8.08. The van der Waals surface area contributed by atoms with Crippen LogP contribution in [0.15, 0.2) is 59.5 Å². The Balaban J connectivity index is 1.77. The molecular formula is C35H36F3N3O2S. The SMILES string of the molecule is CCCCCOC(=O)c1ccccc1SC1=c2c(-c3cccc(C(F)(F)F)c3)c3c(cc2=CC(C(C)(C)C)C1)C(=N)NC3=N. The third kappa shape index (κ3) is 6.34. The van der Waals surface area contributed by atoms with Crippen molar-refractivity contribution in [1.29, 1.82) is 10.8 Å². The molecule has 0 bridgehead atoms. The van der Waals surface area contributed by atoms with Gasteiger partial charge in [-0.15, -0.1) is 0 Å². The van der Waals surface area contributed by atoms with Crippen LogP contribution in [-0.2, 0) is 10.9 Å². The molecule has 0 saturated carbocycles. The van der Waals surface area contributed by atoms with E-state index in [4.69, 9.17) is 15.6 Å². The summed E-state index contributed by atoms with van der Waals surface area (Å²) < 4.78 is 47.3. The quantitative estimate of drug-likeness (QED) is 0.178. The van der Waals surface area contributed by atoms with Gasteiger partial charge in [-0.3, -0.25) is 10.8 Å². The summed E-state index contributed by atoms with van der Waals surface area (Å²) in [7, 11) is 0. The first-order chi connectivity index (χ1) is 20.8. The largest absolute Gasteiger partial charge is 0.462 e. The summed E-state index contributed by atoms with van der Waals surface area (Å²) in [6.07, 6.45) is 0.939. The predicted octanol–water partition coefficient (Wildman–Crippen LogP) is 7.72. The minimum absolute atomic E-state index is 0.0291. The topological polar surface area (TPSA) is 86.0 Å². The predicted molar refractivity (Wildman–Crippen MR) is 170 cm³/mol. The van der Waals surface area contributed by atoms with E-state index in [1.807, 2.05) is 18.2 Å². The molecule has 1 atom stereocenters. The summed E-state index contributed by atoms with van der Waals surface area (Å²) in [5.41, 5.74) is 1.18. The van der Waals surface area contributed by atoms with Gasteiger partial charge in [-0.05, 0) is 75.4 Å². The Bertz CT molecular complexity index is 1770. The third-order valence-corrected chi connectivity index (χ3v) is 9.30. The lowest BCUT2D eigenvalue weighted by Gasteiger charge is -2.32. The van der Waals surface area contributed by atoms with Gasteiger partial charge >= 0.3 is 12.1 Å². The van der Waals surface area contributed by atoms with Crippen molar-refractivity contribution in [2.24, 2.45) is 11.3 Å². The number of carbonyl (C=O) groups excluding carboxylic acids is 1. The van der Waals surface area contributed by atoms with Crippen LogP contribution >= 0.6 is 11.8 Å². The Kier molecular flexibility index (Phi) is 8.80. The molecule has 3 N–H and O–H groups in total. The van der Waals surface area contributed by atoms with Gasteiger partial charge in [0.25, 0.3) is 0 Å². The zero-order chi connectivity index (χ0) is 31.8. The fraction of sp³-hybridized carbons (Fsp3) is 0.343. The number of hydrogen-bond donors (Lipinski definition) is 3. The summed E-state index contributed by atoms with van der Waals surface area (Å²) in [5.74, 6) is -0.330.